The summed E-state index contributed by atoms with van der Waals surface area (Å²) in [6.45, 7) is 0. The molecular formula is C18H15N3O2. The van der Waals surface area contributed by atoms with Crippen LogP contribution in [0.4, 0.5) is 11.4 Å². The summed E-state index contributed by atoms with van der Waals surface area (Å²) in [6, 6.07) is 14.5. The van der Waals surface area contributed by atoms with E-state index in [9.17, 15) is 9.59 Å². The largest absolute Gasteiger partial charge is 0.325 e. The number of anilines is 2. The number of hydrogen-bond acceptors (Lipinski definition) is 3. The van der Waals surface area contributed by atoms with Gasteiger partial charge in [0.15, 0.2) is 0 Å². The Morgan fingerprint density at radius 2 is 2.09 bits per heavy atom. The molecule has 0 aliphatic carbocycles. The molecule has 3 rings (SSSR count). The fourth-order valence-corrected chi connectivity index (χ4v) is 2.70. The van der Waals surface area contributed by atoms with Crippen LogP contribution in [0.5, 0.6) is 0 Å². The predicted octanol–water partition coefficient (Wildman–Crippen LogP) is 2.26. The molecule has 2 aromatic rings. The highest BCUT2D eigenvalue weighted by Crippen LogP contribution is 2.28. The van der Waals surface area contributed by atoms with Gasteiger partial charge in [-0.25, -0.2) is 0 Å². The number of likely N-dealkylation sites (N-methyl/N-ethyl adjacent to an activating group) is 1. The highest BCUT2D eigenvalue weighted by molar-refractivity contribution is 6.01. The number of para-hydroxylation sites is 1. The molecule has 0 saturated heterocycles. The predicted molar refractivity (Wildman–Crippen MR) is 87.0 cm³/mol. The monoisotopic (exact) mass is 305 g/mol. The number of carbonyl (C=O) groups excluding carboxylic acids is 2. The van der Waals surface area contributed by atoms with E-state index in [-0.39, 0.29) is 18.2 Å². The lowest BCUT2D eigenvalue weighted by molar-refractivity contribution is -0.117. The molecule has 5 heteroatoms. The standard InChI is InChI=1S/C18H15N3O2/c1-21-16-7-6-12(8-14(16)10-18(21)23)9-17(22)20-15-5-3-2-4-13(15)11-19/h2-8H,9-10H2,1H3,(H,20,22). The zero-order chi connectivity index (χ0) is 16.4. The molecule has 114 valence electrons. The summed E-state index contributed by atoms with van der Waals surface area (Å²) in [6.07, 6.45) is 0.573. The molecule has 0 aromatic heterocycles. The van der Waals surface area contributed by atoms with E-state index < -0.39 is 0 Å². The Kier molecular flexibility index (Phi) is 3.82. The van der Waals surface area contributed by atoms with Crippen LogP contribution < -0.4 is 10.2 Å². The van der Waals surface area contributed by atoms with Gasteiger partial charge in [0, 0.05) is 12.7 Å². The Morgan fingerprint density at radius 1 is 1.30 bits per heavy atom. The number of nitrogens with zero attached hydrogens (tertiary/aromatic N) is 2. The van der Waals surface area contributed by atoms with E-state index in [0.29, 0.717) is 17.7 Å². The van der Waals surface area contributed by atoms with Gasteiger partial charge in [0.2, 0.25) is 11.8 Å². The second-order valence-electron chi connectivity index (χ2n) is 5.47. The van der Waals surface area contributed by atoms with Crippen molar-refractivity contribution in [3.63, 3.8) is 0 Å². The Hall–Kier alpha value is -3.13. The minimum absolute atomic E-state index is 0.0598. The lowest BCUT2D eigenvalue weighted by Gasteiger charge is -2.11. The van der Waals surface area contributed by atoms with Gasteiger partial charge in [-0.2, -0.15) is 5.26 Å². The summed E-state index contributed by atoms with van der Waals surface area (Å²) in [5.74, 6) is -0.130. The van der Waals surface area contributed by atoms with E-state index in [2.05, 4.69) is 11.4 Å². The third kappa shape index (κ3) is 2.92. The minimum Gasteiger partial charge on any atom is -0.325 e. The first kappa shape index (κ1) is 14.8. The third-order valence-electron chi connectivity index (χ3n) is 3.91. The average molecular weight is 305 g/mol. The fraction of sp³-hybridized carbons (Fsp3) is 0.167. The molecule has 1 heterocycles. The van der Waals surface area contributed by atoms with Crippen molar-refractivity contribution < 1.29 is 9.59 Å². The number of fused-ring (bicyclic) bond motifs is 1. The molecule has 1 aliphatic rings. The minimum atomic E-state index is -0.190. The Balaban J connectivity index is 1.73. The van der Waals surface area contributed by atoms with Crippen molar-refractivity contribution in [2.45, 2.75) is 12.8 Å². The second kappa shape index (κ2) is 5.93. The first-order chi connectivity index (χ1) is 11.1. The van der Waals surface area contributed by atoms with E-state index in [1.807, 2.05) is 18.2 Å². The van der Waals surface area contributed by atoms with Crippen molar-refractivity contribution in [3.8, 4) is 6.07 Å². The van der Waals surface area contributed by atoms with E-state index in [1.54, 1.807) is 36.2 Å². The first-order valence-corrected chi connectivity index (χ1v) is 7.26. The van der Waals surface area contributed by atoms with E-state index in [1.165, 1.54) is 0 Å². The molecule has 0 saturated carbocycles. The van der Waals surface area contributed by atoms with E-state index in [0.717, 1.165) is 16.8 Å². The molecule has 23 heavy (non-hydrogen) atoms. The van der Waals surface area contributed by atoms with Gasteiger partial charge >= 0.3 is 0 Å². The van der Waals surface area contributed by atoms with Crippen LogP contribution in [0.1, 0.15) is 16.7 Å². The lowest BCUT2D eigenvalue weighted by atomic mass is 10.1. The maximum Gasteiger partial charge on any atom is 0.231 e. The second-order valence-corrected chi connectivity index (χ2v) is 5.47. The van der Waals surface area contributed by atoms with Gasteiger partial charge in [0.25, 0.3) is 0 Å². The normalized spacial score (nSPS) is 12.7. The molecule has 0 spiro atoms. The van der Waals surface area contributed by atoms with Gasteiger partial charge in [-0.1, -0.05) is 24.3 Å². The van der Waals surface area contributed by atoms with Crippen LogP contribution in [-0.2, 0) is 22.4 Å². The molecule has 1 N–H and O–H groups in total. The fourth-order valence-electron chi connectivity index (χ4n) is 2.70. The average Bonchev–Trinajstić information content (AvgIpc) is 2.82. The number of benzene rings is 2. The number of nitriles is 1. The highest BCUT2D eigenvalue weighted by Gasteiger charge is 2.24. The van der Waals surface area contributed by atoms with Crippen molar-refractivity contribution in [2.75, 3.05) is 17.3 Å². The van der Waals surface area contributed by atoms with Gasteiger partial charge in [0.1, 0.15) is 6.07 Å². The number of rotatable bonds is 3. The van der Waals surface area contributed by atoms with Gasteiger partial charge in [0.05, 0.1) is 24.1 Å². The van der Waals surface area contributed by atoms with Gasteiger partial charge in [-0.05, 0) is 29.3 Å². The van der Waals surface area contributed by atoms with Crippen LogP contribution in [-0.4, -0.2) is 18.9 Å². The molecule has 5 nitrogen and oxygen atoms in total. The molecular weight excluding hydrogens is 290 g/mol. The SMILES string of the molecule is CN1C(=O)Cc2cc(CC(=O)Nc3ccccc3C#N)ccc21. The van der Waals surface area contributed by atoms with Crippen LogP contribution in [0.25, 0.3) is 0 Å². The van der Waals surface area contributed by atoms with Crippen molar-refractivity contribution in [2.24, 2.45) is 0 Å². The van der Waals surface area contributed by atoms with Gasteiger partial charge < -0.3 is 10.2 Å². The number of amides is 2. The summed E-state index contributed by atoms with van der Waals surface area (Å²) in [7, 11) is 1.75. The Morgan fingerprint density at radius 3 is 2.87 bits per heavy atom. The Bertz CT molecular complexity index is 836. The zero-order valence-corrected chi connectivity index (χ0v) is 12.7. The first-order valence-electron chi connectivity index (χ1n) is 7.26. The zero-order valence-electron chi connectivity index (χ0n) is 12.7. The molecule has 2 amide bonds. The molecule has 0 radical (unpaired) electrons. The van der Waals surface area contributed by atoms with Crippen LogP contribution in [0.3, 0.4) is 0 Å². The quantitative estimate of drug-likeness (QED) is 0.945. The lowest BCUT2D eigenvalue weighted by Crippen LogP contribution is -2.20. The summed E-state index contributed by atoms with van der Waals surface area (Å²) >= 11 is 0. The summed E-state index contributed by atoms with van der Waals surface area (Å²) in [4.78, 5) is 25.5. The number of carbonyl (C=O) groups is 2. The van der Waals surface area contributed by atoms with Gasteiger partial charge in [-0.15, -0.1) is 0 Å². The van der Waals surface area contributed by atoms with Crippen LogP contribution in [0.2, 0.25) is 0 Å². The van der Waals surface area contributed by atoms with E-state index in [4.69, 9.17) is 5.26 Å². The topological polar surface area (TPSA) is 73.2 Å². The number of hydrogen-bond donors (Lipinski definition) is 1. The molecule has 1 aliphatic heterocycles. The third-order valence-corrected chi connectivity index (χ3v) is 3.91. The van der Waals surface area contributed by atoms with Crippen molar-refractivity contribution in [3.05, 3.63) is 59.2 Å². The van der Waals surface area contributed by atoms with Crippen molar-refractivity contribution in [1.29, 1.82) is 5.26 Å². The molecule has 0 fully saturated rings. The summed E-state index contributed by atoms with van der Waals surface area (Å²) in [5.41, 5.74) is 3.63. The van der Waals surface area contributed by atoms with E-state index >= 15 is 0 Å². The molecule has 0 unspecified atom stereocenters. The van der Waals surface area contributed by atoms with Crippen LogP contribution in [0, 0.1) is 11.3 Å². The van der Waals surface area contributed by atoms with Crippen LogP contribution in [0.15, 0.2) is 42.5 Å². The molecule has 0 bridgehead atoms. The van der Waals surface area contributed by atoms with Gasteiger partial charge in [-0.3, -0.25) is 9.59 Å². The number of nitrogens with one attached hydrogen (secondary N) is 1. The summed E-state index contributed by atoms with van der Waals surface area (Å²) in [5, 5.41) is 11.8. The smallest absolute Gasteiger partial charge is 0.231 e. The van der Waals surface area contributed by atoms with Crippen molar-refractivity contribution >= 4 is 23.2 Å². The molecule has 2 aromatic carbocycles. The highest BCUT2D eigenvalue weighted by atomic mass is 16.2. The van der Waals surface area contributed by atoms with Crippen molar-refractivity contribution in [1.82, 2.24) is 0 Å². The maximum absolute atomic E-state index is 12.2. The Labute approximate surface area is 134 Å². The van der Waals surface area contributed by atoms with Crippen LogP contribution >= 0.6 is 0 Å². The summed E-state index contributed by atoms with van der Waals surface area (Å²) < 4.78 is 0. The molecule has 0 atom stereocenters. The maximum atomic E-state index is 12.2.